The highest BCUT2D eigenvalue weighted by molar-refractivity contribution is 9.09. The third-order valence-corrected chi connectivity index (χ3v) is 3.88. The number of hydrogen-bond acceptors (Lipinski definition) is 2. The lowest BCUT2D eigenvalue weighted by Crippen LogP contribution is -2.52. The van der Waals surface area contributed by atoms with E-state index in [1.54, 1.807) is 0 Å². The maximum atomic E-state index is 12.2. The van der Waals surface area contributed by atoms with Crippen molar-refractivity contribution in [3.63, 3.8) is 0 Å². The number of alkyl halides is 1. The first-order valence-electron chi connectivity index (χ1n) is 6.09. The molecule has 0 bridgehead atoms. The molecule has 3 nitrogen and oxygen atoms in total. The highest BCUT2D eigenvalue weighted by Crippen LogP contribution is 2.23. The van der Waals surface area contributed by atoms with Crippen LogP contribution in [-0.4, -0.2) is 53.8 Å². The van der Waals surface area contributed by atoms with Crippen LogP contribution in [0.15, 0.2) is 0 Å². The summed E-state index contributed by atoms with van der Waals surface area (Å²) < 4.78 is 0. The molecule has 0 spiro atoms. The molecule has 0 aliphatic carbocycles. The first-order valence-corrected chi connectivity index (χ1v) is 7.21. The minimum atomic E-state index is -0.197. The Balaban J connectivity index is 2.45. The van der Waals surface area contributed by atoms with Crippen LogP contribution in [0.2, 0.25) is 0 Å². The van der Waals surface area contributed by atoms with E-state index in [0.29, 0.717) is 5.91 Å². The zero-order valence-corrected chi connectivity index (χ0v) is 12.2. The quantitative estimate of drug-likeness (QED) is 0.739. The van der Waals surface area contributed by atoms with Crippen molar-refractivity contribution in [1.29, 1.82) is 0 Å². The van der Waals surface area contributed by atoms with E-state index < -0.39 is 0 Å². The molecule has 0 saturated carbocycles. The second-order valence-electron chi connectivity index (χ2n) is 5.06. The average molecular weight is 291 g/mol. The SMILES string of the molecule is CCC(C)(C)C(=O)N1CCN(CCBr)CC1. The van der Waals surface area contributed by atoms with Crippen LogP contribution in [0.1, 0.15) is 27.2 Å². The van der Waals surface area contributed by atoms with Crippen molar-refractivity contribution in [2.75, 3.05) is 38.1 Å². The molecule has 1 amide bonds. The van der Waals surface area contributed by atoms with Gasteiger partial charge in [-0.05, 0) is 6.42 Å². The van der Waals surface area contributed by atoms with E-state index in [-0.39, 0.29) is 5.41 Å². The number of amides is 1. The lowest BCUT2D eigenvalue weighted by atomic mass is 9.88. The number of nitrogens with zero attached hydrogens (tertiary/aromatic N) is 2. The Hall–Kier alpha value is -0.0900. The average Bonchev–Trinajstić information content (AvgIpc) is 2.29. The molecule has 1 saturated heterocycles. The number of rotatable bonds is 4. The Kier molecular flexibility index (Phi) is 5.25. The van der Waals surface area contributed by atoms with Gasteiger partial charge < -0.3 is 4.90 Å². The number of carbonyl (C=O) groups is 1. The summed E-state index contributed by atoms with van der Waals surface area (Å²) in [6, 6.07) is 0. The number of piperazine rings is 1. The van der Waals surface area contributed by atoms with Crippen LogP contribution in [0.25, 0.3) is 0 Å². The maximum absolute atomic E-state index is 12.2. The Morgan fingerprint density at radius 2 is 1.81 bits per heavy atom. The molecular formula is C12H23BrN2O. The summed E-state index contributed by atoms with van der Waals surface area (Å²) in [5.41, 5.74) is -0.197. The summed E-state index contributed by atoms with van der Waals surface area (Å²) in [6.07, 6.45) is 0.910. The van der Waals surface area contributed by atoms with E-state index in [9.17, 15) is 4.79 Å². The summed E-state index contributed by atoms with van der Waals surface area (Å²) in [6.45, 7) is 11.0. The van der Waals surface area contributed by atoms with E-state index in [1.807, 2.05) is 18.7 Å². The van der Waals surface area contributed by atoms with E-state index in [1.165, 1.54) is 0 Å². The normalized spacial score (nSPS) is 18.9. The van der Waals surface area contributed by atoms with Gasteiger partial charge in [-0.3, -0.25) is 9.69 Å². The molecule has 1 aliphatic heterocycles. The third kappa shape index (κ3) is 3.45. The zero-order chi connectivity index (χ0) is 12.2. The fraction of sp³-hybridized carbons (Fsp3) is 0.917. The Bertz CT molecular complexity index is 235. The highest BCUT2D eigenvalue weighted by atomic mass is 79.9. The molecule has 0 unspecified atom stereocenters. The molecule has 1 rings (SSSR count). The van der Waals surface area contributed by atoms with Crippen molar-refractivity contribution in [3.8, 4) is 0 Å². The van der Waals surface area contributed by atoms with Gasteiger partial charge >= 0.3 is 0 Å². The first-order chi connectivity index (χ1) is 7.51. The van der Waals surface area contributed by atoms with E-state index >= 15 is 0 Å². The largest absolute Gasteiger partial charge is 0.340 e. The second kappa shape index (κ2) is 6.01. The van der Waals surface area contributed by atoms with E-state index in [0.717, 1.165) is 44.5 Å². The van der Waals surface area contributed by atoms with Gasteiger partial charge in [0, 0.05) is 43.5 Å². The van der Waals surface area contributed by atoms with Crippen LogP contribution in [0.5, 0.6) is 0 Å². The maximum Gasteiger partial charge on any atom is 0.228 e. The van der Waals surface area contributed by atoms with Crippen LogP contribution in [0.4, 0.5) is 0 Å². The lowest BCUT2D eigenvalue weighted by Gasteiger charge is -2.38. The van der Waals surface area contributed by atoms with Gasteiger partial charge in [-0.25, -0.2) is 0 Å². The predicted molar refractivity (Wildman–Crippen MR) is 70.9 cm³/mol. The molecule has 0 atom stereocenters. The molecule has 0 aromatic rings. The van der Waals surface area contributed by atoms with Crippen molar-refractivity contribution in [2.24, 2.45) is 5.41 Å². The fourth-order valence-corrected chi connectivity index (χ4v) is 2.37. The molecular weight excluding hydrogens is 268 g/mol. The number of carbonyl (C=O) groups excluding carboxylic acids is 1. The molecule has 1 heterocycles. The van der Waals surface area contributed by atoms with Gasteiger partial charge in [0.05, 0.1) is 0 Å². The van der Waals surface area contributed by atoms with Gasteiger partial charge in [-0.2, -0.15) is 0 Å². The van der Waals surface area contributed by atoms with Gasteiger partial charge in [-0.15, -0.1) is 0 Å². The van der Waals surface area contributed by atoms with Crippen molar-refractivity contribution in [1.82, 2.24) is 9.80 Å². The summed E-state index contributed by atoms with van der Waals surface area (Å²) >= 11 is 3.45. The number of hydrogen-bond donors (Lipinski definition) is 0. The summed E-state index contributed by atoms with van der Waals surface area (Å²) in [4.78, 5) is 16.6. The van der Waals surface area contributed by atoms with Crippen molar-refractivity contribution >= 4 is 21.8 Å². The van der Waals surface area contributed by atoms with Gasteiger partial charge in [0.15, 0.2) is 0 Å². The van der Waals surface area contributed by atoms with Crippen LogP contribution in [0, 0.1) is 5.41 Å². The van der Waals surface area contributed by atoms with Crippen LogP contribution in [0.3, 0.4) is 0 Å². The second-order valence-corrected chi connectivity index (χ2v) is 5.85. The standard InChI is InChI=1S/C12H23BrN2O/c1-4-12(2,3)11(16)15-9-7-14(6-5-13)8-10-15/h4-10H2,1-3H3. The minimum absolute atomic E-state index is 0.197. The lowest BCUT2D eigenvalue weighted by molar-refractivity contribution is -0.142. The van der Waals surface area contributed by atoms with Crippen LogP contribution < -0.4 is 0 Å². The van der Waals surface area contributed by atoms with Crippen molar-refractivity contribution in [3.05, 3.63) is 0 Å². The number of halogens is 1. The molecule has 0 radical (unpaired) electrons. The van der Waals surface area contributed by atoms with Crippen LogP contribution >= 0.6 is 15.9 Å². The molecule has 0 aromatic carbocycles. The van der Waals surface area contributed by atoms with Gasteiger partial charge in [0.25, 0.3) is 0 Å². The first kappa shape index (κ1) is 14.0. The fourth-order valence-electron chi connectivity index (χ4n) is 1.87. The molecule has 0 N–H and O–H groups in total. The molecule has 1 fully saturated rings. The molecule has 1 aliphatic rings. The zero-order valence-electron chi connectivity index (χ0n) is 10.6. The monoisotopic (exact) mass is 290 g/mol. The summed E-state index contributed by atoms with van der Waals surface area (Å²) in [7, 11) is 0. The minimum Gasteiger partial charge on any atom is -0.340 e. The van der Waals surface area contributed by atoms with Crippen molar-refractivity contribution in [2.45, 2.75) is 27.2 Å². The van der Waals surface area contributed by atoms with Crippen LogP contribution in [-0.2, 0) is 4.79 Å². The highest BCUT2D eigenvalue weighted by Gasteiger charge is 2.31. The third-order valence-electron chi connectivity index (χ3n) is 3.52. The topological polar surface area (TPSA) is 23.6 Å². The summed E-state index contributed by atoms with van der Waals surface area (Å²) in [5, 5.41) is 1.02. The van der Waals surface area contributed by atoms with Gasteiger partial charge in [-0.1, -0.05) is 36.7 Å². The Morgan fingerprint density at radius 3 is 2.25 bits per heavy atom. The molecule has 4 heteroatoms. The molecule has 0 aromatic heterocycles. The van der Waals surface area contributed by atoms with E-state index in [4.69, 9.17) is 0 Å². The predicted octanol–water partition coefficient (Wildman–Crippen LogP) is 1.96. The Morgan fingerprint density at radius 1 is 1.25 bits per heavy atom. The Labute approximate surface area is 107 Å². The molecule has 16 heavy (non-hydrogen) atoms. The van der Waals surface area contributed by atoms with Crippen molar-refractivity contribution < 1.29 is 4.79 Å². The summed E-state index contributed by atoms with van der Waals surface area (Å²) in [5.74, 6) is 0.313. The van der Waals surface area contributed by atoms with Gasteiger partial charge in [0.2, 0.25) is 5.91 Å². The smallest absolute Gasteiger partial charge is 0.228 e. The van der Waals surface area contributed by atoms with E-state index in [2.05, 4.69) is 27.8 Å². The van der Waals surface area contributed by atoms with Gasteiger partial charge in [0.1, 0.15) is 0 Å². The molecule has 94 valence electrons.